The van der Waals surface area contributed by atoms with Gasteiger partial charge in [0.15, 0.2) is 18.1 Å². The number of hydrogen-bond acceptors (Lipinski definition) is 3. The molecule has 0 spiro atoms. The quantitative estimate of drug-likeness (QED) is 0.831. The molecule has 1 N–H and O–H groups in total. The van der Waals surface area contributed by atoms with Gasteiger partial charge in [-0.2, -0.15) is 0 Å². The number of methoxy groups -OCH3 is 1. The molecule has 1 amide bonds. The molecule has 0 aliphatic rings. The van der Waals surface area contributed by atoms with Crippen molar-refractivity contribution < 1.29 is 14.3 Å². The third-order valence-electron chi connectivity index (χ3n) is 3.94. The maximum absolute atomic E-state index is 12.3. The van der Waals surface area contributed by atoms with E-state index in [1.165, 1.54) is 0 Å². The lowest BCUT2D eigenvalue weighted by atomic mass is 10.0. The van der Waals surface area contributed by atoms with Gasteiger partial charge in [-0.15, -0.1) is 0 Å². The Hall–Kier alpha value is -2.49. The molecule has 0 atom stereocenters. The average Bonchev–Trinajstić information content (AvgIpc) is 2.60. The van der Waals surface area contributed by atoms with Gasteiger partial charge in [0.25, 0.3) is 5.91 Å². The second kappa shape index (κ2) is 8.39. The van der Waals surface area contributed by atoms with Crippen molar-refractivity contribution >= 4 is 11.6 Å². The van der Waals surface area contributed by atoms with Crippen molar-refractivity contribution in [3.05, 3.63) is 53.1 Å². The number of benzene rings is 2. The molecule has 0 aromatic heterocycles. The largest absolute Gasteiger partial charge is 0.493 e. The zero-order valence-corrected chi connectivity index (χ0v) is 14.8. The number of hydrogen-bond donors (Lipinski definition) is 1. The lowest BCUT2D eigenvalue weighted by Crippen LogP contribution is -2.22. The van der Waals surface area contributed by atoms with Crippen LogP contribution in [0.3, 0.4) is 0 Å². The van der Waals surface area contributed by atoms with Crippen LogP contribution in [0.25, 0.3) is 0 Å². The van der Waals surface area contributed by atoms with Crippen LogP contribution in [0, 0.1) is 6.92 Å². The normalized spacial score (nSPS) is 10.3. The highest BCUT2D eigenvalue weighted by Gasteiger charge is 2.12. The SMILES string of the molecule is CCc1cccc(CC)c1NC(=O)COc1ccc(C)cc1OC. The molecule has 0 saturated heterocycles. The van der Waals surface area contributed by atoms with Gasteiger partial charge in [0, 0.05) is 5.69 Å². The second-order valence-corrected chi connectivity index (χ2v) is 5.65. The number of amides is 1. The van der Waals surface area contributed by atoms with E-state index >= 15 is 0 Å². The molecule has 0 unspecified atom stereocenters. The number of aryl methyl sites for hydroxylation is 3. The summed E-state index contributed by atoms with van der Waals surface area (Å²) < 4.78 is 10.9. The number of rotatable bonds is 7. The van der Waals surface area contributed by atoms with Crippen LogP contribution >= 0.6 is 0 Å². The van der Waals surface area contributed by atoms with Gasteiger partial charge in [0.1, 0.15) is 0 Å². The molecule has 2 aromatic carbocycles. The fourth-order valence-corrected chi connectivity index (χ4v) is 2.62. The highest BCUT2D eigenvalue weighted by Crippen LogP contribution is 2.28. The van der Waals surface area contributed by atoms with Crippen molar-refractivity contribution in [3.8, 4) is 11.5 Å². The lowest BCUT2D eigenvalue weighted by molar-refractivity contribution is -0.118. The highest BCUT2D eigenvalue weighted by atomic mass is 16.5. The summed E-state index contributed by atoms with van der Waals surface area (Å²) in [5, 5.41) is 3.00. The number of anilines is 1. The second-order valence-electron chi connectivity index (χ2n) is 5.65. The molecule has 128 valence electrons. The van der Waals surface area contributed by atoms with Crippen LogP contribution in [-0.4, -0.2) is 19.6 Å². The fourth-order valence-electron chi connectivity index (χ4n) is 2.62. The van der Waals surface area contributed by atoms with Crippen LogP contribution in [0.1, 0.15) is 30.5 Å². The molecule has 24 heavy (non-hydrogen) atoms. The molecule has 0 radical (unpaired) electrons. The number of carbonyl (C=O) groups is 1. The zero-order chi connectivity index (χ0) is 17.5. The van der Waals surface area contributed by atoms with E-state index in [1.54, 1.807) is 7.11 Å². The zero-order valence-electron chi connectivity index (χ0n) is 14.8. The monoisotopic (exact) mass is 327 g/mol. The van der Waals surface area contributed by atoms with Crippen LogP contribution in [0.2, 0.25) is 0 Å². The molecule has 2 aromatic rings. The van der Waals surface area contributed by atoms with E-state index in [9.17, 15) is 4.79 Å². The Balaban J connectivity index is 2.07. The Kier molecular flexibility index (Phi) is 6.24. The van der Waals surface area contributed by atoms with Gasteiger partial charge in [0.05, 0.1) is 7.11 Å². The Morgan fingerprint density at radius 1 is 1.04 bits per heavy atom. The third kappa shape index (κ3) is 4.28. The van der Waals surface area contributed by atoms with Crippen LogP contribution in [0.15, 0.2) is 36.4 Å². The van der Waals surface area contributed by atoms with Gasteiger partial charge in [0.2, 0.25) is 0 Å². The summed E-state index contributed by atoms with van der Waals surface area (Å²) in [5.74, 6) is 1.02. The number of carbonyl (C=O) groups excluding carboxylic acids is 1. The van der Waals surface area contributed by atoms with Gasteiger partial charge in [-0.1, -0.05) is 38.1 Å². The Morgan fingerprint density at radius 2 is 1.71 bits per heavy atom. The predicted molar refractivity (Wildman–Crippen MR) is 97.1 cm³/mol. The summed E-state index contributed by atoms with van der Waals surface area (Å²) in [6.45, 7) is 6.09. The minimum absolute atomic E-state index is 0.0549. The summed E-state index contributed by atoms with van der Waals surface area (Å²) in [5.41, 5.74) is 4.26. The Morgan fingerprint density at radius 3 is 2.29 bits per heavy atom. The molecule has 0 fully saturated rings. The van der Waals surface area contributed by atoms with E-state index in [4.69, 9.17) is 9.47 Å². The summed E-state index contributed by atoms with van der Waals surface area (Å²) in [4.78, 5) is 12.3. The smallest absolute Gasteiger partial charge is 0.262 e. The first-order chi connectivity index (χ1) is 11.6. The maximum Gasteiger partial charge on any atom is 0.262 e. The van der Waals surface area contributed by atoms with Gasteiger partial charge in [-0.05, 0) is 48.6 Å². The molecule has 0 heterocycles. The van der Waals surface area contributed by atoms with Crippen molar-refractivity contribution in [2.45, 2.75) is 33.6 Å². The summed E-state index contributed by atoms with van der Waals surface area (Å²) >= 11 is 0. The van der Waals surface area contributed by atoms with Crippen molar-refractivity contribution in [1.82, 2.24) is 0 Å². The van der Waals surface area contributed by atoms with Crippen molar-refractivity contribution in [2.24, 2.45) is 0 Å². The molecule has 4 nitrogen and oxygen atoms in total. The maximum atomic E-state index is 12.3. The van der Waals surface area contributed by atoms with Crippen molar-refractivity contribution in [3.63, 3.8) is 0 Å². The summed E-state index contributed by atoms with van der Waals surface area (Å²) in [6, 6.07) is 11.7. The third-order valence-corrected chi connectivity index (χ3v) is 3.94. The van der Waals surface area contributed by atoms with Crippen LogP contribution in [0.4, 0.5) is 5.69 Å². The summed E-state index contributed by atoms with van der Waals surface area (Å²) in [6.07, 6.45) is 1.74. The first-order valence-electron chi connectivity index (χ1n) is 8.27. The topological polar surface area (TPSA) is 47.6 Å². The minimum atomic E-state index is -0.173. The van der Waals surface area contributed by atoms with E-state index < -0.39 is 0 Å². The van der Waals surface area contributed by atoms with Crippen molar-refractivity contribution in [2.75, 3.05) is 19.0 Å². The molecule has 0 bridgehead atoms. The Labute approximate surface area is 143 Å². The average molecular weight is 327 g/mol. The Bertz CT molecular complexity index is 688. The van der Waals surface area contributed by atoms with E-state index in [-0.39, 0.29) is 12.5 Å². The number of para-hydroxylation sites is 1. The first kappa shape index (κ1) is 17.9. The molecule has 4 heteroatoms. The number of ether oxygens (including phenoxy) is 2. The van der Waals surface area contributed by atoms with Crippen molar-refractivity contribution in [1.29, 1.82) is 0 Å². The van der Waals surface area contributed by atoms with E-state index in [0.29, 0.717) is 11.5 Å². The predicted octanol–water partition coefficient (Wildman–Crippen LogP) is 4.15. The molecule has 0 aliphatic heterocycles. The van der Waals surface area contributed by atoms with Crippen LogP contribution < -0.4 is 14.8 Å². The first-order valence-corrected chi connectivity index (χ1v) is 8.27. The lowest BCUT2D eigenvalue weighted by Gasteiger charge is -2.15. The van der Waals surface area contributed by atoms with Gasteiger partial charge in [-0.3, -0.25) is 4.79 Å². The van der Waals surface area contributed by atoms with Gasteiger partial charge in [-0.25, -0.2) is 0 Å². The molecule has 2 rings (SSSR count). The van der Waals surface area contributed by atoms with E-state index in [0.717, 1.165) is 35.2 Å². The highest BCUT2D eigenvalue weighted by molar-refractivity contribution is 5.93. The van der Waals surface area contributed by atoms with E-state index in [2.05, 4.69) is 19.2 Å². The van der Waals surface area contributed by atoms with Crippen LogP contribution in [0.5, 0.6) is 11.5 Å². The molecular formula is C20H25NO3. The van der Waals surface area contributed by atoms with Crippen LogP contribution in [-0.2, 0) is 17.6 Å². The van der Waals surface area contributed by atoms with Gasteiger partial charge < -0.3 is 14.8 Å². The molecule has 0 aliphatic carbocycles. The standard InChI is InChI=1S/C20H25NO3/c1-5-15-8-7-9-16(6-2)20(15)21-19(22)13-24-17-11-10-14(3)12-18(17)23-4/h7-12H,5-6,13H2,1-4H3,(H,21,22). The van der Waals surface area contributed by atoms with Gasteiger partial charge >= 0.3 is 0 Å². The minimum Gasteiger partial charge on any atom is -0.493 e. The number of nitrogens with one attached hydrogen (secondary N) is 1. The fraction of sp³-hybridized carbons (Fsp3) is 0.350. The molecule has 0 saturated carbocycles. The van der Waals surface area contributed by atoms with E-state index in [1.807, 2.05) is 43.3 Å². The molecular weight excluding hydrogens is 302 g/mol. The summed E-state index contributed by atoms with van der Waals surface area (Å²) in [7, 11) is 1.59.